The smallest absolute Gasteiger partial charge is 0.319 e. The third-order valence-electron chi connectivity index (χ3n) is 2.06. The number of aliphatic carboxylic acids is 1. The Labute approximate surface area is 91.7 Å². The van der Waals surface area contributed by atoms with Gasteiger partial charge < -0.3 is 10.4 Å². The molecule has 0 saturated heterocycles. The lowest BCUT2D eigenvalue weighted by Gasteiger charge is -2.19. The summed E-state index contributed by atoms with van der Waals surface area (Å²) in [6, 6.07) is 0. The second kappa shape index (κ2) is 5.85. The standard InChI is InChI=1S/C9H17NO4S/c1-5(2)7(9(12)13)15(14)6(3)8(11)10-4/h5-7H,1-4H3,(H,10,11)(H,12,13). The second-order valence-corrected chi connectivity index (χ2v) is 5.46. The Hall–Kier alpha value is -0.910. The van der Waals surface area contributed by atoms with Crippen molar-refractivity contribution < 1.29 is 18.9 Å². The average molecular weight is 235 g/mol. The number of nitrogens with one attached hydrogen (secondary N) is 1. The topological polar surface area (TPSA) is 83.5 Å². The zero-order chi connectivity index (χ0) is 12.2. The summed E-state index contributed by atoms with van der Waals surface area (Å²) in [6.07, 6.45) is 0. The van der Waals surface area contributed by atoms with E-state index in [9.17, 15) is 13.8 Å². The van der Waals surface area contributed by atoms with Gasteiger partial charge in [0.1, 0.15) is 10.5 Å². The van der Waals surface area contributed by atoms with Crippen molar-refractivity contribution in [2.75, 3.05) is 7.05 Å². The lowest BCUT2D eigenvalue weighted by Crippen LogP contribution is -2.42. The van der Waals surface area contributed by atoms with Gasteiger partial charge in [-0.15, -0.1) is 0 Å². The molecule has 0 saturated carbocycles. The third kappa shape index (κ3) is 3.62. The van der Waals surface area contributed by atoms with Gasteiger partial charge in [-0.3, -0.25) is 13.8 Å². The summed E-state index contributed by atoms with van der Waals surface area (Å²) < 4.78 is 11.8. The molecule has 2 N–H and O–H groups in total. The average Bonchev–Trinajstić information content (AvgIpc) is 2.14. The van der Waals surface area contributed by atoms with Crippen LogP contribution in [0.5, 0.6) is 0 Å². The first-order valence-corrected chi connectivity index (χ1v) is 5.94. The van der Waals surface area contributed by atoms with E-state index in [0.717, 1.165) is 0 Å². The number of rotatable bonds is 5. The lowest BCUT2D eigenvalue weighted by atomic mass is 10.1. The highest BCUT2D eigenvalue weighted by molar-refractivity contribution is 7.87. The maximum absolute atomic E-state index is 11.8. The Morgan fingerprint density at radius 1 is 1.27 bits per heavy atom. The minimum atomic E-state index is -1.70. The molecule has 5 nitrogen and oxygen atoms in total. The van der Waals surface area contributed by atoms with Crippen LogP contribution >= 0.6 is 0 Å². The molecule has 0 aliphatic heterocycles. The Bertz CT molecular complexity index is 277. The number of hydrogen-bond acceptors (Lipinski definition) is 3. The summed E-state index contributed by atoms with van der Waals surface area (Å²) >= 11 is 0. The minimum Gasteiger partial charge on any atom is -0.480 e. The van der Waals surface area contributed by atoms with Crippen molar-refractivity contribution in [3.63, 3.8) is 0 Å². The fourth-order valence-electron chi connectivity index (χ4n) is 1.18. The molecule has 15 heavy (non-hydrogen) atoms. The van der Waals surface area contributed by atoms with E-state index in [2.05, 4.69) is 5.32 Å². The summed E-state index contributed by atoms with van der Waals surface area (Å²) in [7, 11) is -0.273. The summed E-state index contributed by atoms with van der Waals surface area (Å²) in [5.41, 5.74) is 0. The Kier molecular flexibility index (Phi) is 5.49. The molecule has 0 aliphatic carbocycles. The van der Waals surface area contributed by atoms with Crippen LogP contribution in [0.3, 0.4) is 0 Å². The highest BCUT2D eigenvalue weighted by Crippen LogP contribution is 2.14. The number of carbonyl (C=O) groups excluding carboxylic acids is 1. The van der Waals surface area contributed by atoms with E-state index in [-0.39, 0.29) is 5.92 Å². The van der Waals surface area contributed by atoms with Gasteiger partial charge in [0.2, 0.25) is 5.91 Å². The molecule has 0 fully saturated rings. The molecule has 3 unspecified atom stereocenters. The highest BCUT2D eigenvalue weighted by atomic mass is 32.2. The fraction of sp³-hybridized carbons (Fsp3) is 0.778. The van der Waals surface area contributed by atoms with Crippen LogP contribution in [-0.4, -0.2) is 38.7 Å². The maximum Gasteiger partial charge on any atom is 0.319 e. The first kappa shape index (κ1) is 14.1. The van der Waals surface area contributed by atoms with E-state index in [1.165, 1.54) is 14.0 Å². The van der Waals surface area contributed by atoms with Crippen molar-refractivity contribution >= 4 is 22.7 Å². The van der Waals surface area contributed by atoms with E-state index in [0.29, 0.717) is 0 Å². The van der Waals surface area contributed by atoms with E-state index >= 15 is 0 Å². The normalized spacial score (nSPS) is 16.9. The van der Waals surface area contributed by atoms with Gasteiger partial charge in [0.25, 0.3) is 0 Å². The summed E-state index contributed by atoms with van der Waals surface area (Å²) in [5.74, 6) is -1.80. The quantitative estimate of drug-likeness (QED) is 0.701. The van der Waals surface area contributed by atoms with E-state index in [1.54, 1.807) is 13.8 Å². The van der Waals surface area contributed by atoms with E-state index in [1.807, 2.05) is 0 Å². The van der Waals surface area contributed by atoms with Crippen molar-refractivity contribution in [1.82, 2.24) is 5.32 Å². The third-order valence-corrected chi connectivity index (χ3v) is 4.22. The van der Waals surface area contributed by atoms with Crippen molar-refractivity contribution in [3.8, 4) is 0 Å². The van der Waals surface area contributed by atoms with Gasteiger partial charge in [-0.1, -0.05) is 13.8 Å². The van der Waals surface area contributed by atoms with Gasteiger partial charge in [0, 0.05) is 17.8 Å². The molecule has 6 heteroatoms. The summed E-state index contributed by atoms with van der Waals surface area (Å²) in [4.78, 5) is 22.1. The molecule has 3 atom stereocenters. The molecule has 0 spiro atoms. The summed E-state index contributed by atoms with van der Waals surface area (Å²) in [5, 5.41) is 9.44. The first-order chi connectivity index (χ1) is 6.82. The molecule has 88 valence electrons. The van der Waals surface area contributed by atoms with Crippen molar-refractivity contribution in [2.24, 2.45) is 5.92 Å². The van der Waals surface area contributed by atoms with Crippen LogP contribution in [-0.2, 0) is 20.4 Å². The van der Waals surface area contributed by atoms with Gasteiger partial charge >= 0.3 is 5.97 Å². The number of carboxylic acid groups (broad SMARTS) is 1. The van der Waals surface area contributed by atoms with Crippen LogP contribution < -0.4 is 5.32 Å². The lowest BCUT2D eigenvalue weighted by molar-refractivity contribution is -0.137. The minimum absolute atomic E-state index is 0.268. The first-order valence-electron chi connectivity index (χ1n) is 4.66. The van der Waals surface area contributed by atoms with Gasteiger partial charge in [-0.2, -0.15) is 0 Å². The van der Waals surface area contributed by atoms with Crippen LogP contribution in [0.1, 0.15) is 20.8 Å². The molecule has 0 aromatic rings. The number of amides is 1. The van der Waals surface area contributed by atoms with Crippen LogP contribution in [0.4, 0.5) is 0 Å². The number of carbonyl (C=O) groups is 2. The Morgan fingerprint density at radius 2 is 1.73 bits per heavy atom. The molecule has 0 radical (unpaired) electrons. The Morgan fingerprint density at radius 3 is 2.00 bits per heavy atom. The van der Waals surface area contributed by atoms with Gasteiger partial charge in [-0.25, -0.2) is 0 Å². The molecule has 0 rings (SSSR count). The Balaban J connectivity index is 4.79. The van der Waals surface area contributed by atoms with Gasteiger partial charge in [0.05, 0.1) is 0 Å². The molecule has 0 bridgehead atoms. The van der Waals surface area contributed by atoms with Crippen LogP contribution in [0.15, 0.2) is 0 Å². The van der Waals surface area contributed by atoms with Gasteiger partial charge in [0.15, 0.2) is 0 Å². The monoisotopic (exact) mass is 235 g/mol. The number of carboxylic acids is 1. The van der Waals surface area contributed by atoms with Crippen LogP contribution in [0.2, 0.25) is 0 Å². The second-order valence-electron chi connectivity index (χ2n) is 3.59. The summed E-state index contributed by atoms with van der Waals surface area (Å²) in [6.45, 7) is 4.81. The fourth-order valence-corrected chi connectivity index (χ4v) is 2.69. The largest absolute Gasteiger partial charge is 0.480 e. The molecule has 0 aromatic heterocycles. The van der Waals surface area contributed by atoms with Crippen molar-refractivity contribution in [3.05, 3.63) is 0 Å². The molecule has 0 aliphatic rings. The van der Waals surface area contributed by atoms with E-state index in [4.69, 9.17) is 5.11 Å². The SMILES string of the molecule is CNC(=O)C(C)S(=O)C(C(=O)O)C(C)C. The highest BCUT2D eigenvalue weighted by Gasteiger charge is 2.33. The van der Waals surface area contributed by atoms with Crippen LogP contribution in [0.25, 0.3) is 0 Å². The maximum atomic E-state index is 11.8. The van der Waals surface area contributed by atoms with Gasteiger partial charge in [-0.05, 0) is 12.8 Å². The van der Waals surface area contributed by atoms with Crippen molar-refractivity contribution in [2.45, 2.75) is 31.3 Å². The zero-order valence-electron chi connectivity index (χ0n) is 9.31. The predicted molar refractivity (Wildman–Crippen MR) is 57.9 cm³/mol. The molecular formula is C9H17NO4S. The molecule has 0 aromatic carbocycles. The van der Waals surface area contributed by atoms with Crippen LogP contribution in [0, 0.1) is 5.92 Å². The molecular weight excluding hydrogens is 218 g/mol. The molecule has 0 heterocycles. The van der Waals surface area contributed by atoms with Crippen molar-refractivity contribution in [1.29, 1.82) is 0 Å². The zero-order valence-corrected chi connectivity index (χ0v) is 10.1. The molecule has 1 amide bonds. The predicted octanol–water partition coefficient (Wildman–Crippen LogP) is -0.0212. The number of hydrogen-bond donors (Lipinski definition) is 2. The van der Waals surface area contributed by atoms with E-state index < -0.39 is 33.2 Å².